The Hall–Kier alpha value is -1.84. The van der Waals surface area contributed by atoms with Crippen molar-refractivity contribution in [2.75, 3.05) is 13.1 Å². The topological polar surface area (TPSA) is 57.6 Å². The Balaban J connectivity index is 3.02. The minimum Gasteiger partial charge on any atom is -0.480 e. The lowest BCUT2D eigenvalue weighted by atomic mass is 9.98. The summed E-state index contributed by atoms with van der Waals surface area (Å²) in [7, 11) is 0. The van der Waals surface area contributed by atoms with Crippen molar-refractivity contribution >= 4 is 11.9 Å². The summed E-state index contributed by atoms with van der Waals surface area (Å²) in [6.45, 7) is 4.72. The molecule has 0 aliphatic heterocycles. The van der Waals surface area contributed by atoms with Crippen molar-refractivity contribution in [1.29, 1.82) is 0 Å². The third-order valence-corrected chi connectivity index (χ3v) is 2.70. The van der Waals surface area contributed by atoms with E-state index in [4.69, 9.17) is 0 Å². The standard InChI is InChI=1S/C13H17NO3/c1-3-14(4-2)12(15)11(13(16)17)10-8-6-5-7-9-10/h5-9,11H,3-4H2,1-2H3,(H,16,17). The van der Waals surface area contributed by atoms with Gasteiger partial charge in [-0.2, -0.15) is 0 Å². The van der Waals surface area contributed by atoms with Crippen LogP contribution in [0.1, 0.15) is 25.3 Å². The molecule has 1 atom stereocenters. The predicted molar refractivity (Wildman–Crippen MR) is 64.7 cm³/mol. The maximum atomic E-state index is 12.1. The summed E-state index contributed by atoms with van der Waals surface area (Å²) in [6.07, 6.45) is 0. The number of nitrogens with zero attached hydrogens (tertiary/aromatic N) is 1. The SMILES string of the molecule is CCN(CC)C(=O)C(C(=O)O)c1ccccc1. The molecule has 17 heavy (non-hydrogen) atoms. The molecule has 1 amide bonds. The number of aliphatic carboxylic acids is 1. The molecule has 1 rings (SSSR count). The molecule has 4 nitrogen and oxygen atoms in total. The number of rotatable bonds is 5. The minimum absolute atomic E-state index is 0.353. The number of carboxylic acid groups (broad SMARTS) is 1. The fraction of sp³-hybridized carbons (Fsp3) is 0.385. The average molecular weight is 235 g/mol. The third-order valence-electron chi connectivity index (χ3n) is 2.70. The Kier molecular flexibility index (Phi) is 4.69. The molecule has 92 valence electrons. The third kappa shape index (κ3) is 3.06. The normalized spacial score (nSPS) is 11.9. The molecule has 4 heteroatoms. The van der Waals surface area contributed by atoms with Gasteiger partial charge in [-0.05, 0) is 19.4 Å². The summed E-state index contributed by atoms with van der Waals surface area (Å²) in [5.41, 5.74) is 0.525. The van der Waals surface area contributed by atoms with Crippen LogP contribution in [0.15, 0.2) is 30.3 Å². The lowest BCUT2D eigenvalue weighted by Crippen LogP contribution is -2.37. The van der Waals surface area contributed by atoms with Crippen LogP contribution in [0.5, 0.6) is 0 Å². The van der Waals surface area contributed by atoms with Crippen molar-refractivity contribution in [2.24, 2.45) is 0 Å². The number of benzene rings is 1. The Morgan fingerprint density at radius 1 is 1.18 bits per heavy atom. The zero-order valence-electron chi connectivity index (χ0n) is 10.1. The monoisotopic (exact) mass is 235 g/mol. The smallest absolute Gasteiger partial charge is 0.320 e. The summed E-state index contributed by atoms with van der Waals surface area (Å²) < 4.78 is 0. The number of carboxylic acids is 1. The number of hydrogen-bond donors (Lipinski definition) is 1. The highest BCUT2D eigenvalue weighted by Gasteiger charge is 2.30. The lowest BCUT2D eigenvalue weighted by molar-refractivity contribution is -0.146. The van der Waals surface area contributed by atoms with Crippen molar-refractivity contribution in [3.63, 3.8) is 0 Å². The van der Waals surface area contributed by atoms with E-state index >= 15 is 0 Å². The zero-order valence-corrected chi connectivity index (χ0v) is 10.1. The fourth-order valence-electron chi connectivity index (χ4n) is 1.75. The summed E-state index contributed by atoms with van der Waals surface area (Å²) in [6, 6.07) is 8.60. The molecule has 0 bridgehead atoms. The van der Waals surface area contributed by atoms with Crippen LogP contribution in [0.3, 0.4) is 0 Å². The van der Waals surface area contributed by atoms with Crippen molar-refractivity contribution in [3.05, 3.63) is 35.9 Å². The highest BCUT2D eigenvalue weighted by molar-refractivity contribution is 6.02. The molecule has 0 fully saturated rings. The first-order valence-corrected chi connectivity index (χ1v) is 5.68. The second kappa shape index (κ2) is 6.03. The van der Waals surface area contributed by atoms with Gasteiger partial charge in [-0.1, -0.05) is 30.3 Å². The molecule has 0 spiro atoms. The van der Waals surface area contributed by atoms with Gasteiger partial charge in [-0.25, -0.2) is 0 Å². The lowest BCUT2D eigenvalue weighted by Gasteiger charge is -2.23. The molecule has 0 saturated heterocycles. The first kappa shape index (κ1) is 13.2. The van der Waals surface area contributed by atoms with E-state index in [1.165, 1.54) is 4.90 Å². The molecule has 1 unspecified atom stereocenters. The van der Waals surface area contributed by atoms with Gasteiger partial charge in [0.2, 0.25) is 5.91 Å². The van der Waals surface area contributed by atoms with Crippen LogP contribution >= 0.6 is 0 Å². The van der Waals surface area contributed by atoms with Gasteiger partial charge in [0.1, 0.15) is 0 Å². The van der Waals surface area contributed by atoms with E-state index in [1.54, 1.807) is 30.3 Å². The van der Waals surface area contributed by atoms with Crippen molar-refractivity contribution < 1.29 is 14.7 Å². The van der Waals surface area contributed by atoms with Crippen LogP contribution in [0.4, 0.5) is 0 Å². The number of carbonyl (C=O) groups is 2. The highest BCUT2D eigenvalue weighted by Crippen LogP contribution is 2.18. The van der Waals surface area contributed by atoms with E-state index in [9.17, 15) is 14.7 Å². The summed E-state index contributed by atoms with van der Waals surface area (Å²) in [5.74, 6) is -2.56. The van der Waals surface area contributed by atoms with Crippen LogP contribution in [-0.2, 0) is 9.59 Å². The number of amides is 1. The summed E-state index contributed by atoms with van der Waals surface area (Å²) in [5, 5.41) is 9.19. The maximum Gasteiger partial charge on any atom is 0.320 e. The Morgan fingerprint density at radius 2 is 1.71 bits per heavy atom. The van der Waals surface area contributed by atoms with Gasteiger partial charge >= 0.3 is 5.97 Å². The Morgan fingerprint density at radius 3 is 2.12 bits per heavy atom. The van der Waals surface area contributed by atoms with E-state index in [0.29, 0.717) is 18.7 Å². The van der Waals surface area contributed by atoms with E-state index in [2.05, 4.69) is 0 Å². The first-order chi connectivity index (χ1) is 8.11. The number of hydrogen-bond acceptors (Lipinski definition) is 2. The maximum absolute atomic E-state index is 12.1. The van der Waals surface area contributed by atoms with Crippen molar-refractivity contribution in [2.45, 2.75) is 19.8 Å². The molecule has 0 radical (unpaired) electrons. The quantitative estimate of drug-likeness (QED) is 0.791. The largest absolute Gasteiger partial charge is 0.480 e. The molecule has 0 saturated carbocycles. The predicted octanol–water partition coefficient (Wildman–Crippen LogP) is 1.72. The van der Waals surface area contributed by atoms with Crippen molar-refractivity contribution in [3.8, 4) is 0 Å². The fourth-order valence-corrected chi connectivity index (χ4v) is 1.75. The molecule has 0 heterocycles. The van der Waals surface area contributed by atoms with E-state index in [1.807, 2.05) is 13.8 Å². The van der Waals surface area contributed by atoms with Gasteiger partial charge in [-0.15, -0.1) is 0 Å². The van der Waals surface area contributed by atoms with Gasteiger partial charge in [-0.3, -0.25) is 9.59 Å². The highest BCUT2D eigenvalue weighted by atomic mass is 16.4. The van der Waals surface area contributed by atoms with Crippen LogP contribution in [0.25, 0.3) is 0 Å². The van der Waals surface area contributed by atoms with Crippen LogP contribution in [-0.4, -0.2) is 35.0 Å². The molecule has 0 aliphatic carbocycles. The van der Waals surface area contributed by atoms with Gasteiger partial charge in [0, 0.05) is 13.1 Å². The van der Waals surface area contributed by atoms with E-state index in [-0.39, 0.29) is 5.91 Å². The molecule has 0 aromatic heterocycles. The van der Waals surface area contributed by atoms with Gasteiger partial charge < -0.3 is 10.0 Å². The van der Waals surface area contributed by atoms with Crippen LogP contribution < -0.4 is 0 Å². The van der Waals surface area contributed by atoms with Gasteiger partial charge in [0.15, 0.2) is 5.92 Å². The molecule has 1 N–H and O–H groups in total. The minimum atomic E-state index is -1.10. The molecular weight excluding hydrogens is 218 g/mol. The number of carbonyl (C=O) groups excluding carboxylic acids is 1. The van der Waals surface area contributed by atoms with E-state index < -0.39 is 11.9 Å². The molecule has 1 aromatic carbocycles. The van der Waals surface area contributed by atoms with Crippen LogP contribution in [0.2, 0.25) is 0 Å². The summed E-state index contributed by atoms with van der Waals surface area (Å²) in [4.78, 5) is 24.9. The zero-order chi connectivity index (χ0) is 12.8. The summed E-state index contributed by atoms with van der Waals surface area (Å²) >= 11 is 0. The first-order valence-electron chi connectivity index (χ1n) is 5.68. The second-order valence-electron chi connectivity index (χ2n) is 3.69. The molecular formula is C13H17NO3. The van der Waals surface area contributed by atoms with Crippen molar-refractivity contribution in [1.82, 2.24) is 4.90 Å². The molecule has 1 aromatic rings. The van der Waals surface area contributed by atoms with E-state index in [0.717, 1.165) is 0 Å². The van der Waals surface area contributed by atoms with Gasteiger partial charge in [0.25, 0.3) is 0 Å². The number of likely N-dealkylation sites (N-methyl/N-ethyl adjacent to an activating group) is 1. The van der Waals surface area contributed by atoms with Crippen LogP contribution in [0, 0.1) is 0 Å². The Labute approximate surface area is 101 Å². The second-order valence-corrected chi connectivity index (χ2v) is 3.69. The van der Waals surface area contributed by atoms with Gasteiger partial charge in [0.05, 0.1) is 0 Å². The average Bonchev–Trinajstić information content (AvgIpc) is 2.31. The Bertz CT molecular complexity index is 385. The molecule has 0 aliphatic rings.